The van der Waals surface area contributed by atoms with Crippen LogP contribution in [0.5, 0.6) is 0 Å². The SMILES string of the molecule is CC(C)(C)OC(C)(C)C1(C)CC1(C)C. The first-order valence-corrected chi connectivity index (χ1v) is 5.62. The van der Waals surface area contributed by atoms with E-state index in [1.54, 1.807) is 0 Å². The van der Waals surface area contributed by atoms with Crippen LogP contribution < -0.4 is 0 Å². The van der Waals surface area contributed by atoms with Crippen molar-refractivity contribution >= 4 is 0 Å². The summed E-state index contributed by atoms with van der Waals surface area (Å²) < 4.78 is 6.19. The van der Waals surface area contributed by atoms with E-state index in [0.717, 1.165) is 0 Å². The molecule has 1 heteroatoms. The van der Waals surface area contributed by atoms with E-state index in [-0.39, 0.29) is 11.2 Å². The van der Waals surface area contributed by atoms with E-state index in [9.17, 15) is 0 Å². The summed E-state index contributed by atoms with van der Waals surface area (Å²) in [5, 5.41) is 0. The van der Waals surface area contributed by atoms with Crippen LogP contribution in [0.1, 0.15) is 61.8 Å². The summed E-state index contributed by atoms with van der Waals surface area (Å²) in [6.45, 7) is 17.9. The van der Waals surface area contributed by atoms with Crippen molar-refractivity contribution in [1.29, 1.82) is 0 Å². The molecular weight excluding hydrogens is 172 g/mol. The molecule has 0 amide bonds. The molecule has 14 heavy (non-hydrogen) atoms. The van der Waals surface area contributed by atoms with Gasteiger partial charge < -0.3 is 4.74 Å². The Kier molecular flexibility index (Phi) is 2.36. The number of ether oxygens (including phenoxy) is 1. The van der Waals surface area contributed by atoms with Crippen LogP contribution in [0.15, 0.2) is 0 Å². The number of hydrogen-bond acceptors (Lipinski definition) is 1. The quantitative estimate of drug-likeness (QED) is 0.651. The summed E-state index contributed by atoms with van der Waals surface area (Å²) in [4.78, 5) is 0. The Morgan fingerprint density at radius 2 is 1.29 bits per heavy atom. The summed E-state index contributed by atoms with van der Waals surface area (Å²) in [6, 6.07) is 0. The van der Waals surface area contributed by atoms with Gasteiger partial charge in [0.2, 0.25) is 0 Å². The van der Waals surface area contributed by atoms with Gasteiger partial charge in [0.25, 0.3) is 0 Å². The van der Waals surface area contributed by atoms with Gasteiger partial charge >= 0.3 is 0 Å². The van der Waals surface area contributed by atoms with Gasteiger partial charge in [-0.25, -0.2) is 0 Å². The van der Waals surface area contributed by atoms with E-state index in [0.29, 0.717) is 10.8 Å². The van der Waals surface area contributed by atoms with Gasteiger partial charge in [-0.05, 0) is 46.5 Å². The van der Waals surface area contributed by atoms with Gasteiger partial charge in [-0.2, -0.15) is 0 Å². The molecule has 0 aromatic rings. The Labute approximate surface area is 89.2 Å². The Balaban J connectivity index is 2.78. The van der Waals surface area contributed by atoms with Gasteiger partial charge in [0, 0.05) is 5.41 Å². The van der Waals surface area contributed by atoms with Crippen molar-refractivity contribution in [2.45, 2.75) is 73.0 Å². The molecular formula is C13H26O. The molecule has 0 aromatic carbocycles. The van der Waals surface area contributed by atoms with E-state index >= 15 is 0 Å². The summed E-state index contributed by atoms with van der Waals surface area (Å²) >= 11 is 0. The monoisotopic (exact) mass is 198 g/mol. The second kappa shape index (κ2) is 2.75. The molecule has 0 heterocycles. The third-order valence-corrected chi connectivity index (χ3v) is 4.05. The standard InChI is InChI=1S/C13H26O/c1-10(2,3)14-12(6,7)13(8)9-11(13,4)5/h9H2,1-8H3. The summed E-state index contributed by atoms with van der Waals surface area (Å²) in [5.74, 6) is 0. The Hall–Kier alpha value is -0.0400. The maximum Gasteiger partial charge on any atom is 0.0692 e. The Bertz CT molecular complexity index is 232. The Morgan fingerprint density at radius 1 is 0.929 bits per heavy atom. The molecule has 0 aromatic heterocycles. The van der Waals surface area contributed by atoms with Crippen molar-refractivity contribution in [2.24, 2.45) is 10.8 Å². The van der Waals surface area contributed by atoms with Gasteiger partial charge in [-0.1, -0.05) is 20.8 Å². The third kappa shape index (κ3) is 1.84. The highest BCUT2D eigenvalue weighted by molar-refractivity contribution is 5.15. The molecule has 1 aliphatic rings. The van der Waals surface area contributed by atoms with Crippen molar-refractivity contribution in [3.05, 3.63) is 0 Å². The zero-order valence-corrected chi connectivity index (χ0v) is 11.1. The zero-order chi connectivity index (χ0) is 11.4. The fourth-order valence-electron chi connectivity index (χ4n) is 2.75. The first kappa shape index (κ1) is 12.0. The molecule has 0 saturated heterocycles. The van der Waals surface area contributed by atoms with Crippen molar-refractivity contribution in [1.82, 2.24) is 0 Å². The minimum Gasteiger partial charge on any atom is -0.369 e. The van der Waals surface area contributed by atoms with E-state index in [2.05, 4.69) is 55.4 Å². The van der Waals surface area contributed by atoms with Gasteiger partial charge in [0.1, 0.15) is 0 Å². The summed E-state index contributed by atoms with van der Waals surface area (Å²) in [7, 11) is 0. The van der Waals surface area contributed by atoms with Gasteiger partial charge in [0.15, 0.2) is 0 Å². The first-order chi connectivity index (χ1) is 5.91. The fourth-order valence-corrected chi connectivity index (χ4v) is 2.75. The van der Waals surface area contributed by atoms with Crippen LogP contribution in [-0.4, -0.2) is 11.2 Å². The fraction of sp³-hybridized carbons (Fsp3) is 1.00. The molecule has 0 aliphatic heterocycles. The van der Waals surface area contributed by atoms with Crippen molar-refractivity contribution in [2.75, 3.05) is 0 Å². The van der Waals surface area contributed by atoms with E-state index in [1.807, 2.05) is 0 Å². The highest BCUT2D eigenvalue weighted by Crippen LogP contribution is 2.69. The van der Waals surface area contributed by atoms with Crippen LogP contribution in [0.3, 0.4) is 0 Å². The van der Waals surface area contributed by atoms with Gasteiger partial charge in [0.05, 0.1) is 11.2 Å². The first-order valence-electron chi connectivity index (χ1n) is 5.62. The molecule has 0 radical (unpaired) electrons. The van der Waals surface area contributed by atoms with Crippen LogP contribution in [0.25, 0.3) is 0 Å². The second-order valence-electron chi connectivity index (χ2n) is 7.12. The zero-order valence-electron chi connectivity index (χ0n) is 11.1. The lowest BCUT2D eigenvalue weighted by molar-refractivity contribution is -0.152. The van der Waals surface area contributed by atoms with Crippen molar-refractivity contribution < 1.29 is 4.74 Å². The molecule has 84 valence electrons. The molecule has 1 rings (SSSR count). The second-order valence-corrected chi connectivity index (χ2v) is 7.12. The largest absolute Gasteiger partial charge is 0.369 e. The van der Waals surface area contributed by atoms with Crippen molar-refractivity contribution in [3.8, 4) is 0 Å². The predicted octanol–water partition coefficient (Wildman–Crippen LogP) is 4.02. The normalized spacial score (nSPS) is 31.7. The third-order valence-electron chi connectivity index (χ3n) is 4.05. The summed E-state index contributed by atoms with van der Waals surface area (Å²) in [6.07, 6.45) is 1.27. The number of rotatable bonds is 2. The molecule has 0 spiro atoms. The van der Waals surface area contributed by atoms with Crippen LogP contribution in [0.2, 0.25) is 0 Å². The highest BCUT2D eigenvalue weighted by Gasteiger charge is 2.66. The molecule has 0 N–H and O–H groups in total. The Morgan fingerprint density at radius 3 is 1.50 bits per heavy atom. The molecule has 1 fully saturated rings. The highest BCUT2D eigenvalue weighted by atomic mass is 16.5. The lowest BCUT2D eigenvalue weighted by atomic mass is 9.82. The molecule has 0 bridgehead atoms. The maximum atomic E-state index is 6.19. The van der Waals surface area contributed by atoms with E-state index in [4.69, 9.17) is 4.74 Å². The van der Waals surface area contributed by atoms with E-state index < -0.39 is 0 Å². The predicted molar refractivity (Wildman–Crippen MR) is 61.4 cm³/mol. The topological polar surface area (TPSA) is 9.23 Å². The molecule has 1 atom stereocenters. The minimum absolute atomic E-state index is 0.0330. The molecule has 1 unspecified atom stereocenters. The van der Waals surface area contributed by atoms with E-state index in [1.165, 1.54) is 6.42 Å². The van der Waals surface area contributed by atoms with Crippen LogP contribution in [0.4, 0.5) is 0 Å². The van der Waals surface area contributed by atoms with Crippen LogP contribution in [-0.2, 0) is 4.74 Å². The van der Waals surface area contributed by atoms with Gasteiger partial charge in [-0.3, -0.25) is 0 Å². The average Bonchev–Trinajstić information content (AvgIpc) is 2.26. The lowest BCUT2D eigenvalue weighted by Gasteiger charge is -2.40. The minimum atomic E-state index is -0.0504. The molecule has 1 saturated carbocycles. The smallest absolute Gasteiger partial charge is 0.0692 e. The van der Waals surface area contributed by atoms with Crippen molar-refractivity contribution in [3.63, 3.8) is 0 Å². The van der Waals surface area contributed by atoms with Crippen LogP contribution >= 0.6 is 0 Å². The molecule has 1 aliphatic carbocycles. The summed E-state index contributed by atoms with van der Waals surface area (Å²) in [5.41, 5.74) is 0.676. The maximum absolute atomic E-state index is 6.19. The van der Waals surface area contributed by atoms with Crippen LogP contribution in [0, 0.1) is 10.8 Å². The average molecular weight is 198 g/mol. The number of hydrogen-bond donors (Lipinski definition) is 0. The van der Waals surface area contributed by atoms with Gasteiger partial charge in [-0.15, -0.1) is 0 Å². The lowest BCUT2D eigenvalue weighted by Crippen LogP contribution is -2.43. The molecule has 1 nitrogen and oxygen atoms in total.